The van der Waals surface area contributed by atoms with Crippen LogP contribution in [0.25, 0.3) is 0 Å². The summed E-state index contributed by atoms with van der Waals surface area (Å²) in [5.41, 5.74) is 9.92. The van der Waals surface area contributed by atoms with Gasteiger partial charge >= 0.3 is 5.91 Å². The van der Waals surface area contributed by atoms with Gasteiger partial charge < -0.3 is 4.42 Å². The van der Waals surface area contributed by atoms with Crippen LogP contribution in [0.4, 0.5) is 0 Å². The molecule has 0 aliphatic heterocycles. The highest BCUT2D eigenvalue weighted by molar-refractivity contribution is 6.07. The molecule has 0 atom stereocenters. The summed E-state index contributed by atoms with van der Waals surface area (Å²) in [6, 6.07) is 6.36. The van der Waals surface area contributed by atoms with Crippen molar-refractivity contribution in [2.24, 2.45) is 5.10 Å². The van der Waals surface area contributed by atoms with Gasteiger partial charge in [0.05, 0.1) is 11.3 Å². The van der Waals surface area contributed by atoms with E-state index < -0.39 is 11.8 Å². The second-order valence-corrected chi connectivity index (χ2v) is 7.09. The third-order valence-electron chi connectivity index (χ3n) is 4.98. The Kier molecular flexibility index (Phi) is 6.02. The van der Waals surface area contributed by atoms with Crippen LogP contribution < -0.4 is 16.3 Å². The molecule has 4 rings (SSSR count). The lowest BCUT2D eigenvalue weighted by atomic mass is 9.93. The summed E-state index contributed by atoms with van der Waals surface area (Å²) in [7, 11) is 0. The summed E-state index contributed by atoms with van der Waals surface area (Å²) < 4.78 is 5.78. The molecule has 1 aliphatic rings. The average Bonchev–Trinajstić information content (AvgIpc) is 3.19. The Morgan fingerprint density at radius 3 is 2.47 bits per heavy atom. The lowest BCUT2D eigenvalue weighted by Crippen LogP contribution is -2.41. The zero-order valence-electron chi connectivity index (χ0n) is 17.2. The fourth-order valence-electron chi connectivity index (χ4n) is 3.42. The van der Waals surface area contributed by atoms with Gasteiger partial charge in [-0.05, 0) is 44.0 Å². The van der Waals surface area contributed by atoms with E-state index in [9.17, 15) is 14.4 Å². The first kappa shape index (κ1) is 20.9. The van der Waals surface area contributed by atoms with Gasteiger partial charge in [-0.3, -0.25) is 35.2 Å². The molecular formula is C22H20N6O4. The van der Waals surface area contributed by atoms with E-state index in [4.69, 9.17) is 4.42 Å². The first-order valence-corrected chi connectivity index (χ1v) is 9.95. The summed E-state index contributed by atoms with van der Waals surface area (Å²) in [5.74, 6) is -0.740. The Balaban J connectivity index is 1.48. The molecule has 0 bridgehead atoms. The molecule has 0 fully saturated rings. The Labute approximate surface area is 183 Å². The molecule has 32 heavy (non-hydrogen) atoms. The maximum atomic E-state index is 12.6. The highest BCUT2D eigenvalue weighted by Gasteiger charge is 2.28. The number of carbonyl (C=O) groups is 3. The van der Waals surface area contributed by atoms with Crippen molar-refractivity contribution >= 4 is 23.4 Å². The normalized spacial score (nSPS) is 13.8. The van der Waals surface area contributed by atoms with Crippen LogP contribution in [0.1, 0.15) is 61.0 Å². The van der Waals surface area contributed by atoms with Gasteiger partial charge in [0.2, 0.25) is 0 Å². The van der Waals surface area contributed by atoms with Gasteiger partial charge in [0, 0.05) is 47.9 Å². The predicted molar refractivity (Wildman–Crippen MR) is 114 cm³/mol. The van der Waals surface area contributed by atoms with E-state index in [0.717, 1.165) is 6.42 Å². The van der Waals surface area contributed by atoms with E-state index in [0.29, 0.717) is 46.6 Å². The number of aryl methyl sites for hydroxylation is 1. The maximum absolute atomic E-state index is 12.6. The van der Waals surface area contributed by atoms with E-state index in [-0.39, 0.29) is 11.7 Å². The average molecular weight is 432 g/mol. The molecule has 3 aromatic rings. The molecule has 0 spiro atoms. The smallest absolute Gasteiger partial charge is 0.305 e. The number of hydrogen-bond acceptors (Lipinski definition) is 7. The van der Waals surface area contributed by atoms with Gasteiger partial charge in [0.25, 0.3) is 11.8 Å². The van der Waals surface area contributed by atoms with E-state index >= 15 is 0 Å². The van der Waals surface area contributed by atoms with Crippen LogP contribution in [-0.2, 0) is 6.42 Å². The first-order chi connectivity index (χ1) is 15.5. The largest absolute Gasteiger partial charge is 0.455 e. The van der Waals surface area contributed by atoms with Crippen LogP contribution in [0.5, 0.6) is 0 Å². The standard InChI is InChI=1S/C22H20N6O4/c1-13-18-16(25-26-21(30)15-4-3-9-24-12-15)5-2-6-17(18)32-19(13)22(31)28-27-20(29)14-7-10-23-11-8-14/h3-4,7-12H,2,5-6H2,1H3,(H,26,30)(H,27,29)(H,28,31)/b25-16+. The first-order valence-electron chi connectivity index (χ1n) is 9.95. The molecule has 3 N–H and O–H groups in total. The molecule has 0 saturated carbocycles. The van der Waals surface area contributed by atoms with Crippen LogP contribution >= 0.6 is 0 Å². The minimum atomic E-state index is -0.585. The number of hydrazone groups is 1. The molecule has 0 unspecified atom stereocenters. The van der Waals surface area contributed by atoms with Crippen LogP contribution in [0.3, 0.4) is 0 Å². The monoisotopic (exact) mass is 432 g/mol. The van der Waals surface area contributed by atoms with E-state index in [1.807, 2.05) is 0 Å². The van der Waals surface area contributed by atoms with Crippen LogP contribution in [0.15, 0.2) is 58.6 Å². The van der Waals surface area contributed by atoms with Crippen LogP contribution in [0, 0.1) is 6.92 Å². The van der Waals surface area contributed by atoms with E-state index in [1.165, 1.54) is 30.7 Å². The minimum Gasteiger partial charge on any atom is -0.455 e. The molecule has 3 heterocycles. The van der Waals surface area contributed by atoms with Gasteiger partial charge in [0.15, 0.2) is 5.76 Å². The van der Waals surface area contributed by atoms with Crippen molar-refractivity contribution in [3.63, 3.8) is 0 Å². The van der Waals surface area contributed by atoms with Crippen molar-refractivity contribution in [1.29, 1.82) is 0 Å². The van der Waals surface area contributed by atoms with Crippen molar-refractivity contribution in [3.8, 4) is 0 Å². The number of amides is 3. The van der Waals surface area contributed by atoms with Gasteiger partial charge in [-0.15, -0.1) is 0 Å². The number of hydrogen-bond donors (Lipinski definition) is 3. The minimum absolute atomic E-state index is 0.0817. The molecular weight excluding hydrogens is 412 g/mol. The van der Waals surface area contributed by atoms with Crippen molar-refractivity contribution in [3.05, 3.63) is 82.8 Å². The predicted octanol–water partition coefficient (Wildman–Crippen LogP) is 1.92. The number of fused-ring (bicyclic) bond motifs is 1. The number of rotatable bonds is 4. The Hall–Kier alpha value is -4.34. The van der Waals surface area contributed by atoms with Crippen molar-refractivity contribution < 1.29 is 18.8 Å². The number of furan rings is 1. The Morgan fingerprint density at radius 2 is 1.72 bits per heavy atom. The van der Waals surface area contributed by atoms with Crippen molar-refractivity contribution in [2.45, 2.75) is 26.2 Å². The fraction of sp³-hybridized carbons (Fsp3) is 0.182. The molecule has 3 aromatic heterocycles. The van der Waals surface area contributed by atoms with Gasteiger partial charge in [-0.1, -0.05) is 0 Å². The number of nitrogens with zero attached hydrogens (tertiary/aromatic N) is 3. The van der Waals surface area contributed by atoms with Gasteiger partial charge in [-0.2, -0.15) is 5.10 Å². The van der Waals surface area contributed by atoms with Gasteiger partial charge in [0.1, 0.15) is 5.76 Å². The summed E-state index contributed by atoms with van der Waals surface area (Å²) in [4.78, 5) is 44.8. The number of nitrogens with one attached hydrogen (secondary N) is 3. The molecule has 0 radical (unpaired) electrons. The van der Waals surface area contributed by atoms with Gasteiger partial charge in [-0.25, -0.2) is 5.43 Å². The summed E-state index contributed by atoms with van der Waals surface area (Å²) in [5, 5.41) is 4.27. The zero-order chi connectivity index (χ0) is 22.5. The fourth-order valence-corrected chi connectivity index (χ4v) is 3.42. The number of pyridine rings is 2. The van der Waals surface area contributed by atoms with Crippen LogP contribution in [-0.4, -0.2) is 33.4 Å². The maximum Gasteiger partial charge on any atom is 0.305 e. The number of aromatic nitrogens is 2. The lowest BCUT2D eigenvalue weighted by molar-refractivity contribution is 0.0829. The SMILES string of the molecule is Cc1c(C(=O)NNC(=O)c2ccncc2)oc2c1/C(=N/NC(=O)c1cccnc1)CCC2. The van der Waals surface area contributed by atoms with E-state index in [1.54, 1.807) is 25.3 Å². The molecule has 0 aromatic carbocycles. The molecule has 1 aliphatic carbocycles. The molecule has 10 nitrogen and oxygen atoms in total. The van der Waals surface area contributed by atoms with Crippen molar-refractivity contribution in [2.75, 3.05) is 0 Å². The summed E-state index contributed by atoms with van der Waals surface area (Å²) in [6.45, 7) is 1.74. The Morgan fingerprint density at radius 1 is 0.938 bits per heavy atom. The Bertz CT molecular complexity index is 1190. The summed E-state index contributed by atoms with van der Waals surface area (Å²) in [6.07, 6.45) is 8.03. The lowest BCUT2D eigenvalue weighted by Gasteiger charge is -2.13. The number of hydrazine groups is 1. The molecule has 3 amide bonds. The molecule has 0 saturated heterocycles. The summed E-state index contributed by atoms with van der Waals surface area (Å²) >= 11 is 0. The van der Waals surface area contributed by atoms with Crippen molar-refractivity contribution in [1.82, 2.24) is 26.2 Å². The zero-order valence-corrected chi connectivity index (χ0v) is 17.2. The third-order valence-corrected chi connectivity index (χ3v) is 4.98. The second kappa shape index (κ2) is 9.21. The van der Waals surface area contributed by atoms with E-state index in [2.05, 4.69) is 31.3 Å². The third kappa shape index (κ3) is 4.38. The quantitative estimate of drug-likeness (QED) is 0.539. The molecule has 10 heteroatoms. The highest BCUT2D eigenvalue weighted by atomic mass is 16.4. The number of carbonyl (C=O) groups excluding carboxylic acids is 3. The van der Waals surface area contributed by atoms with Crippen LogP contribution in [0.2, 0.25) is 0 Å². The topological polar surface area (TPSA) is 139 Å². The molecule has 162 valence electrons. The second-order valence-electron chi connectivity index (χ2n) is 7.09. The highest BCUT2D eigenvalue weighted by Crippen LogP contribution is 2.29.